The molecule has 3 aromatic rings. The first-order chi connectivity index (χ1) is 14.4. The van der Waals surface area contributed by atoms with Gasteiger partial charge < -0.3 is 10.4 Å². The van der Waals surface area contributed by atoms with Gasteiger partial charge in [0.1, 0.15) is 5.75 Å². The molecule has 13 heteroatoms. The normalized spacial score (nSPS) is 12.4. The van der Waals surface area contributed by atoms with Crippen molar-refractivity contribution in [3.8, 4) is 5.75 Å². The van der Waals surface area contributed by atoms with Crippen molar-refractivity contribution in [1.82, 2.24) is 0 Å². The number of hydrogen-bond acceptors (Lipinski definition) is 8. The highest BCUT2D eigenvalue weighted by molar-refractivity contribution is 8.14. The summed E-state index contributed by atoms with van der Waals surface area (Å²) in [5.41, 5.74) is 0.435. The minimum absolute atomic E-state index is 0.0111. The number of phenols is 1. The van der Waals surface area contributed by atoms with Gasteiger partial charge in [0.2, 0.25) is 5.91 Å². The lowest BCUT2D eigenvalue weighted by atomic mass is 10.1. The molecule has 0 radical (unpaired) electrons. The summed E-state index contributed by atoms with van der Waals surface area (Å²) in [6, 6.07) is 10.2. The van der Waals surface area contributed by atoms with Crippen molar-refractivity contribution < 1.29 is 26.7 Å². The van der Waals surface area contributed by atoms with Gasteiger partial charge in [0.15, 0.2) is 0 Å². The first kappa shape index (κ1) is 22.9. The number of hydrogen-bond donors (Lipinski definition) is 2. The fourth-order valence-corrected chi connectivity index (χ4v) is 4.63. The Morgan fingerprint density at radius 2 is 1.52 bits per heavy atom. The molecule has 0 atom stereocenters. The van der Waals surface area contributed by atoms with E-state index in [1.807, 2.05) is 0 Å². The van der Waals surface area contributed by atoms with Crippen molar-refractivity contribution in [3.63, 3.8) is 0 Å². The largest absolute Gasteiger partial charge is 0.507 e. The van der Waals surface area contributed by atoms with Crippen molar-refractivity contribution in [3.05, 3.63) is 48.5 Å². The lowest BCUT2D eigenvalue weighted by Crippen LogP contribution is -2.07. The third kappa shape index (κ3) is 5.13. The highest BCUT2D eigenvalue weighted by Crippen LogP contribution is 2.42. The van der Waals surface area contributed by atoms with E-state index in [1.165, 1.54) is 55.5 Å². The van der Waals surface area contributed by atoms with Crippen LogP contribution in [0.15, 0.2) is 68.6 Å². The van der Waals surface area contributed by atoms with Gasteiger partial charge in [-0.1, -0.05) is 0 Å². The Labute approximate surface area is 186 Å². The van der Waals surface area contributed by atoms with E-state index in [9.17, 15) is 26.7 Å². The molecular formula is C18H13Cl2N3O6S2. The summed E-state index contributed by atoms with van der Waals surface area (Å²) in [6.45, 7) is 1.25. The van der Waals surface area contributed by atoms with Crippen LogP contribution in [0.5, 0.6) is 5.75 Å². The molecule has 9 nitrogen and oxygen atoms in total. The van der Waals surface area contributed by atoms with Gasteiger partial charge in [0.25, 0.3) is 18.1 Å². The molecule has 0 heterocycles. The Bertz CT molecular complexity index is 1440. The lowest BCUT2D eigenvalue weighted by Gasteiger charge is -2.13. The third-order valence-corrected chi connectivity index (χ3v) is 6.78. The highest BCUT2D eigenvalue weighted by atomic mass is 35.7. The Kier molecular flexibility index (Phi) is 6.23. The quantitative estimate of drug-likeness (QED) is 0.380. The number of halogens is 2. The van der Waals surface area contributed by atoms with Crippen LogP contribution in [0.2, 0.25) is 0 Å². The zero-order valence-electron chi connectivity index (χ0n) is 15.6. The van der Waals surface area contributed by atoms with Gasteiger partial charge in [0.05, 0.1) is 32.2 Å². The molecule has 0 unspecified atom stereocenters. The zero-order chi connectivity index (χ0) is 23.0. The maximum absolute atomic E-state index is 12.1. The second-order valence-electron chi connectivity index (χ2n) is 6.22. The van der Waals surface area contributed by atoms with Gasteiger partial charge in [0, 0.05) is 33.7 Å². The van der Waals surface area contributed by atoms with Crippen LogP contribution >= 0.6 is 21.4 Å². The monoisotopic (exact) mass is 501 g/mol. The van der Waals surface area contributed by atoms with E-state index in [4.69, 9.17) is 21.4 Å². The molecule has 0 saturated heterocycles. The van der Waals surface area contributed by atoms with Crippen LogP contribution < -0.4 is 5.32 Å². The molecule has 162 valence electrons. The summed E-state index contributed by atoms with van der Waals surface area (Å²) in [5.74, 6) is -0.750. The van der Waals surface area contributed by atoms with Gasteiger partial charge in [-0.2, -0.15) is 5.11 Å². The first-order valence-electron chi connectivity index (χ1n) is 8.35. The number of benzene rings is 3. The second-order valence-corrected chi connectivity index (χ2v) is 11.3. The molecule has 31 heavy (non-hydrogen) atoms. The number of carbonyl (C=O) groups excluding carboxylic acids is 1. The fraction of sp³-hybridized carbons (Fsp3) is 0.0556. The van der Waals surface area contributed by atoms with E-state index in [2.05, 4.69) is 15.5 Å². The number of aromatic hydroxyl groups is 1. The van der Waals surface area contributed by atoms with E-state index >= 15 is 0 Å². The SMILES string of the molecule is CC(=O)Nc1ccc(S(=O)(=O)Cl)c2c(N=Nc3ccc(S(=O)(=O)Cl)cc3)ccc(O)c12. The molecule has 0 spiro atoms. The summed E-state index contributed by atoms with van der Waals surface area (Å²) in [4.78, 5) is 11.0. The minimum Gasteiger partial charge on any atom is -0.507 e. The molecule has 1 amide bonds. The maximum atomic E-state index is 12.1. The Morgan fingerprint density at radius 1 is 0.871 bits per heavy atom. The van der Waals surface area contributed by atoms with Crippen molar-refractivity contribution in [2.45, 2.75) is 16.7 Å². The average molecular weight is 502 g/mol. The number of carbonyl (C=O) groups is 1. The van der Waals surface area contributed by atoms with E-state index in [1.54, 1.807) is 0 Å². The van der Waals surface area contributed by atoms with E-state index < -0.39 is 24.0 Å². The number of nitrogens with one attached hydrogen (secondary N) is 1. The fourth-order valence-electron chi connectivity index (χ4n) is 2.80. The van der Waals surface area contributed by atoms with Gasteiger partial charge in [-0.05, 0) is 48.5 Å². The van der Waals surface area contributed by atoms with E-state index in [-0.39, 0.29) is 43.4 Å². The van der Waals surface area contributed by atoms with Gasteiger partial charge in [-0.15, -0.1) is 5.11 Å². The van der Waals surface area contributed by atoms with Crippen LogP contribution in [0.25, 0.3) is 10.8 Å². The van der Waals surface area contributed by atoms with Crippen molar-refractivity contribution in [2.75, 3.05) is 5.32 Å². The molecule has 0 aromatic heterocycles. The van der Waals surface area contributed by atoms with Crippen LogP contribution in [-0.4, -0.2) is 27.8 Å². The smallest absolute Gasteiger partial charge is 0.262 e. The summed E-state index contributed by atoms with van der Waals surface area (Å²) < 4.78 is 46.9. The Balaban J connectivity index is 2.21. The first-order valence-corrected chi connectivity index (χ1v) is 13.0. The molecule has 3 rings (SSSR count). The van der Waals surface area contributed by atoms with Crippen LogP contribution in [-0.2, 0) is 22.9 Å². The summed E-state index contributed by atoms with van der Waals surface area (Å²) in [5, 5.41) is 20.8. The van der Waals surface area contributed by atoms with Crippen molar-refractivity contribution >= 4 is 73.2 Å². The van der Waals surface area contributed by atoms with E-state index in [0.29, 0.717) is 0 Å². The third-order valence-electron chi connectivity index (χ3n) is 4.04. The van der Waals surface area contributed by atoms with Crippen molar-refractivity contribution in [2.24, 2.45) is 10.2 Å². The Hall–Kier alpha value is -2.73. The Morgan fingerprint density at radius 3 is 2.06 bits per heavy atom. The number of rotatable bonds is 5. The van der Waals surface area contributed by atoms with Gasteiger partial charge in [-0.3, -0.25) is 4.79 Å². The molecule has 2 N–H and O–H groups in total. The van der Waals surface area contributed by atoms with Crippen LogP contribution in [0, 0.1) is 0 Å². The topological polar surface area (TPSA) is 142 Å². The lowest BCUT2D eigenvalue weighted by molar-refractivity contribution is -0.114. The van der Waals surface area contributed by atoms with Gasteiger partial charge in [-0.25, -0.2) is 16.8 Å². The summed E-state index contributed by atoms with van der Waals surface area (Å²) in [6.07, 6.45) is 0. The predicted molar refractivity (Wildman–Crippen MR) is 117 cm³/mol. The van der Waals surface area contributed by atoms with Crippen LogP contribution in [0.1, 0.15) is 6.92 Å². The number of azo groups is 1. The number of anilines is 1. The standard InChI is InChI=1S/C18H13Cl2N3O6S2/c1-10(24)21-13-7-9-16(31(20,28)29)18-14(6-8-15(25)17(13)18)23-22-11-2-4-12(5-3-11)30(19,26)27/h2-9,25H,1H3,(H,21,24). The minimum atomic E-state index is -4.25. The number of amides is 1. The number of phenolic OH excluding ortho intramolecular Hbond substituents is 1. The zero-order valence-corrected chi connectivity index (χ0v) is 18.7. The van der Waals surface area contributed by atoms with Gasteiger partial charge >= 0.3 is 0 Å². The molecule has 0 bridgehead atoms. The highest BCUT2D eigenvalue weighted by Gasteiger charge is 2.21. The molecule has 0 saturated carbocycles. The molecule has 0 aliphatic heterocycles. The molecule has 3 aromatic carbocycles. The summed E-state index contributed by atoms with van der Waals surface area (Å²) in [7, 11) is 2.67. The average Bonchev–Trinajstić information content (AvgIpc) is 2.65. The predicted octanol–water partition coefficient (Wildman–Crippen LogP) is 4.77. The van der Waals surface area contributed by atoms with E-state index in [0.717, 1.165) is 0 Å². The number of nitrogens with zero attached hydrogens (tertiary/aromatic N) is 2. The van der Waals surface area contributed by atoms with Crippen LogP contribution in [0.3, 0.4) is 0 Å². The molecule has 0 aliphatic carbocycles. The maximum Gasteiger partial charge on any atom is 0.262 e. The molecule has 0 aliphatic rings. The van der Waals surface area contributed by atoms with Crippen molar-refractivity contribution in [1.29, 1.82) is 0 Å². The van der Waals surface area contributed by atoms with Crippen LogP contribution in [0.4, 0.5) is 17.1 Å². The summed E-state index contributed by atoms with van der Waals surface area (Å²) >= 11 is 0. The molecular weight excluding hydrogens is 489 g/mol. The number of fused-ring (bicyclic) bond motifs is 1. The molecule has 0 fully saturated rings. The second kappa shape index (κ2) is 8.42.